The fourth-order valence-electron chi connectivity index (χ4n) is 1.65. The van der Waals surface area contributed by atoms with E-state index in [4.69, 9.17) is 0 Å². The summed E-state index contributed by atoms with van der Waals surface area (Å²) in [4.78, 5) is 10.5. The smallest absolute Gasteiger partial charge is 0.105 e. The van der Waals surface area contributed by atoms with Gasteiger partial charge in [0.1, 0.15) is 6.04 Å². The zero-order chi connectivity index (χ0) is 9.97. The zero-order valence-electron chi connectivity index (χ0n) is 7.92. The summed E-state index contributed by atoms with van der Waals surface area (Å²) in [5, 5.41) is 8.17. The monoisotopic (exact) mass is 189 g/mol. The molecule has 0 saturated carbocycles. The molecule has 0 aromatic heterocycles. The summed E-state index contributed by atoms with van der Waals surface area (Å²) in [6.07, 6.45) is 0.774. The van der Waals surface area contributed by atoms with Gasteiger partial charge in [0.05, 0.1) is 5.29 Å². The fraction of sp³-hybridized carbons (Fsp3) is 0.300. The molecule has 0 spiro atoms. The van der Waals surface area contributed by atoms with Crippen LogP contribution in [0.25, 0.3) is 0 Å². The molecule has 0 radical (unpaired) electrons. The molecule has 1 atom stereocenters. The summed E-state index contributed by atoms with van der Waals surface area (Å²) in [5.74, 6) is 0. The Morgan fingerprint density at radius 3 is 2.79 bits per heavy atom. The largest absolute Gasteiger partial charge is 0.162 e. The third-order valence-electron chi connectivity index (χ3n) is 2.31. The average Bonchev–Trinajstić information content (AvgIpc) is 2.61. The Balaban J connectivity index is 2.25. The quantitative estimate of drug-likeness (QED) is 0.671. The van der Waals surface area contributed by atoms with E-state index in [1.165, 1.54) is 5.12 Å². The van der Waals surface area contributed by atoms with E-state index in [0.717, 1.165) is 17.7 Å². The van der Waals surface area contributed by atoms with Crippen molar-refractivity contribution in [3.8, 4) is 0 Å². The summed E-state index contributed by atoms with van der Waals surface area (Å²) < 4.78 is 0. The molecule has 1 aromatic carbocycles. The molecule has 1 unspecified atom stereocenters. The predicted molar refractivity (Wildman–Crippen MR) is 54.5 cm³/mol. The Morgan fingerprint density at radius 2 is 2.14 bits per heavy atom. The minimum absolute atomic E-state index is 0.0197. The number of hydrogen-bond donors (Lipinski definition) is 0. The molecular formula is C10H11N3O. The van der Waals surface area contributed by atoms with Crippen LogP contribution in [0, 0.1) is 4.91 Å². The van der Waals surface area contributed by atoms with Crippen LogP contribution >= 0.6 is 0 Å². The van der Waals surface area contributed by atoms with Gasteiger partial charge in [-0.15, -0.1) is 10.0 Å². The van der Waals surface area contributed by atoms with Crippen LogP contribution in [-0.2, 0) is 0 Å². The average molecular weight is 189 g/mol. The van der Waals surface area contributed by atoms with E-state index in [1.807, 2.05) is 37.3 Å². The highest BCUT2D eigenvalue weighted by molar-refractivity contribution is 5.83. The van der Waals surface area contributed by atoms with E-state index >= 15 is 0 Å². The maximum Gasteiger partial charge on any atom is 0.105 e. The summed E-state index contributed by atoms with van der Waals surface area (Å²) in [6, 6.07) is 9.80. The van der Waals surface area contributed by atoms with Crippen molar-refractivity contribution < 1.29 is 0 Å². The van der Waals surface area contributed by atoms with E-state index in [1.54, 1.807) is 0 Å². The molecule has 0 bridgehead atoms. The lowest BCUT2D eigenvalue weighted by molar-refractivity contribution is 0.241. The topological polar surface area (TPSA) is 45.0 Å². The number of nitrogens with zero attached hydrogens (tertiary/aromatic N) is 3. The number of hydrazone groups is 1. The Morgan fingerprint density at radius 1 is 1.43 bits per heavy atom. The van der Waals surface area contributed by atoms with Gasteiger partial charge in [-0.3, -0.25) is 0 Å². The molecule has 0 aliphatic carbocycles. The number of rotatable bonds is 2. The van der Waals surface area contributed by atoms with Crippen LogP contribution in [0.4, 0.5) is 0 Å². The minimum Gasteiger partial charge on any atom is -0.162 e. The van der Waals surface area contributed by atoms with Gasteiger partial charge in [-0.2, -0.15) is 5.10 Å². The Bertz CT molecular complexity index is 361. The van der Waals surface area contributed by atoms with E-state index in [0.29, 0.717) is 0 Å². The summed E-state index contributed by atoms with van der Waals surface area (Å²) >= 11 is 0. The Labute approximate surface area is 82.2 Å². The highest BCUT2D eigenvalue weighted by atomic mass is 16.3. The normalized spacial score (nSPS) is 20.8. The lowest BCUT2D eigenvalue weighted by Crippen LogP contribution is -2.12. The highest BCUT2D eigenvalue weighted by Crippen LogP contribution is 2.30. The van der Waals surface area contributed by atoms with Crippen molar-refractivity contribution in [2.45, 2.75) is 19.4 Å². The van der Waals surface area contributed by atoms with Gasteiger partial charge in [0.15, 0.2) is 0 Å². The second kappa shape index (κ2) is 3.57. The summed E-state index contributed by atoms with van der Waals surface area (Å²) in [5.41, 5.74) is 2.02. The Hall–Kier alpha value is -1.71. The molecular weight excluding hydrogens is 178 g/mol. The van der Waals surface area contributed by atoms with Crippen molar-refractivity contribution in [3.63, 3.8) is 0 Å². The first kappa shape index (κ1) is 8.87. The van der Waals surface area contributed by atoms with Gasteiger partial charge in [0.25, 0.3) is 0 Å². The van der Waals surface area contributed by atoms with E-state index in [9.17, 15) is 4.91 Å². The van der Waals surface area contributed by atoms with Gasteiger partial charge in [0, 0.05) is 12.1 Å². The van der Waals surface area contributed by atoms with Gasteiger partial charge >= 0.3 is 0 Å². The van der Waals surface area contributed by atoms with E-state index in [-0.39, 0.29) is 6.04 Å². The first-order valence-electron chi connectivity index (χ1n) is 4.53. The van der Waals surface area contributed by atoms with Gasteiger partial charge in [-0.05, 0) is 12.5 Å². The van der Waals surface area contributed by atoms with Crippen LogP contribution in [0.15, 0.2) is 40.7 Å². The molecule has 0 fully saturated rings. The standard InChI is InChI=1S/C10H11N3O/c1-8-7-10(13(11-8)12-14)9-5-3-2-4-6-9/h2-6,10H,7H2,1H3. The first-order chi connectivity index (χ1) is 6.81. The van der Waals surface area contributed by atoms with Crippen molar-refractivity contribution in [2.75, 3.05) is 0 Å². The number of benzene rings is 1. The molecule has 72 valence electrons. The SMILES string of the molecule is CC1=NN(N=O)C(c2ccccc2)C1. The maximum absolute atomic E-state index is 10.5. The molecule has 2 rings (SSSR count). The van der Waals surface area contributed by atoms with Gasteiger partial charge < -0.3 is 0 Å². The molecule has 0 amide bonds. The van der Waals surface area contributed by atoms with E-state index < -0.39 is 0 Å². The zero-order valence-corrected chi connectivity index (χ0v) is 7.92. The van der Waals surface area contributed by atoms with Crippen LogP contribution < -0.4 is 0 Å². The summed E-state index contributed by atoms with van der Waals surface area (Å²) in [7, 11) is 0. The predicted octanol–water partition coefficient (Wildman–Crippen LogP) is 2.49. The molecule has 1 aliphatic rings. The lowest BCUT2D eigenvalue weighted by Gasteiger charge is -2.14. The van der Waals surface area contributed by atoms with Gasteiger partial charge in [-0.1, -0.05) is 30.3 Å². The highest BCUT2D eigenvalue weighted by Gasteiger charge is 2.26. The van der Waals surface area contributed by atoms with Crippen LogP contribution in [0.5, 0.6) is 0 Å². The number of hydrogen-bond acceptors (Lipinski definition) is 3. The molecule has 1 heterocycles. The molecule has 4 nitrogen and oxygen atoms in total. The van der Waals surface area contributed by atoms with Crippen LogP contribution in [0.1, 0.15) is 24.9 Å². The maximum atomic E-state index is 10.5. The van der Waals surface area contributed by atoms with Crippen molar-refractivity contribution in [1.29, 1.82) is 0 Å². The third kappa shape index (κ3) is 1.51. The molecule has 1 aliphatic heterocycles. The van der Waals surface area contributed by atoms with Gasteiger partial charge in [0.2, 0.25) is 0 Å². The second-order valence-electron chi connectivity index (χ2n) is 3.37. The molecule has 0 N–H and O–H groups in total. The van der Waals surface area contributed by atoms with Crippen LogP contribution in [0.3, 0.4) is 0 Å². The lowest BCUT2D eigenvalue weighted by atomic mass is 10.0. The molecule has 4 heteroatoms. The first-order valence-corrected chi connectivity index (χ1v) is 4.53. The third-order valence-corrected chi connectivity index (χ3v) is 2.31. The Kier molecular flexibility index (Phi) is 2.26. The van der Waals surface area contributed by atoms with Crippen molar-refractivity contribution >= 4 is 5.71 Å². The van der Waals surface area contributed by atoms with Crippen LogP contribution in [0.2, 0.25) is 0 Å². The molecule has 14 heavy (non-hydrogen) atoms. The summed E-state index contributed by atoms with van der Waals surface area (Å²) in [6.45, 7) is 1.90. The molecule has 0 saturated heterocycles. The van der Waals surface area contributed by atoms with Crippen molar-refractivity contribution in [1.82, 2.24) is 5.12 Å². The van der Waals surface area contributed by atoms with Crippen molar-refractivity contribution in [3.05, 3.63) is 40.8 Å². The second-order valence-corrected chi connectivity index (χ2v) is 3.37. The van der Waals surface area contributed by atoms with Crippen LogP contribution in [-0.4, -0.2) is 10.8 Å². The van der Waals surface area contributed by atoms with Crippen molar-refractivity contribution in [2.24, 2.45) is 10.4 Å². The van der Waals surface area contributed by atoms with E-state index in [2.05, 4.69) is 10.4 Å². The molecule has 1 aromatic rings. The fourth-order valence-corrected chi connectivity index (χ4v) is 1.65. The minimum atomic E-state index is -0.0197. The van der Waals surface area contributed by atoms with Gasteiger partial charge in [-0.25, -0.2) is 0 Å². The number of nitroso groups, excluding NO2 is 1.